The standard InChI is InChI=1S/C13H17N3O/c1-9(2)17-12-6-5-7-14-13(12)16-11(4)8-10(3)15-16/h5-9H,1-4H3. The van der Waals surface area contributed by atoms with Crippen molar-refractivity contribution in [2.24, 2.45) is 0 Å². The molecule has 0 fully saturated rings. The smallest absolute Gasteiger partial charge is 0.196 e. The molecule has 0 saturated carbocycles. The van der Waals surface area contributed by atoms with Gasteiger partial charge in [0.1, 0.15) is 0 Å². The van der Waals surface area contributed by atoms with Crippen LogP contribution >= 0.6 is 0 Å². The van der Waals surface area contributed by atoms with E-state index in [1.165, 1.54) is 0 Å². The molecule has 0 aromatic carbocycles. The van der Waals surface area contributed by atoms with Crippen LogP contribution in [0.2, 0.25) is 0 Å². The monoisotopic (exact) mass is 231 g/mol. The fraction of sp³-hybridized carbons (Fsp3) is 0.385. The summed E-state index contributed by atoms with van der Waals surface area (Å²) in [5.41, 5.74) is 2.03. The molecule has 0 atom stereocenters. The molecule has 0 bridgehead atoms. The molecule has 0 unspecified atom stereocenters. The van der Waals surface area contributed by atoms with Crippen LogP contribution < -0.4 is 4.74 Å². The SMILES string of the molecule is Cc1cc(C)n(-c2ncccc2OC(C)C)n1. The van der Waals surface area contributed by atoms with E-state index in [9.17, 15) is 0 Å². The number of rotatable bonds is 3. The molecule has 0 amide bonds. The third-order valence-electron chi connectivity index (χ3n) is 2.32. The van der Waals surface area contributed by atoms with E-state index in [2.05, 4.69) is 10.1 Å². The minimum Gasteiger partial charge on any atom is -0.487 e. The van der Waals surface area contributed by atoms with Crippen molar-refractivity contribution in [2.75, 3.05) is 0 Å². The van der Waals surface area contributed by atoms with Crippen LogP contribution in [-0.4, -0.2) is 20.9 Å². The molecule has 2 aromatic heterocycles. The summed E-state index contributed by atoms with van der Waals surface area (Å²) in [6.45, 7) is 7.97. The van der Waals surface area contributed by atoms with Crippen LogP contribution in [0.5, 0.6) is 5.75 Å². The zero-order chi connectivity index (χ0) is 12.4. The number of hydrogen-bond acceptors (Lipinski definition) is 3. The number of ether oxygens (including phenoxy) is 1. The highest BCUT2D eigenvalue weighted by Crippen LogP contribution is 2.22. The summed E-state index contributed by atoms with van der Waals surface area (Å²) in [6.07, 6.45) is 1.87. The molecule has 2 heterocycles. The lowest BCUT2D eigenvalue weighted by Crippen LogP contribution is -2.10. The molecule has 0 aliphatic carbocycles. The highest BCUT2D eigenvalue weighted by Gasteiger charge is 2.11. The summed E-state index contributed by atoms with van der Waals surface area (Å²) < 4.78 is 7.55. The van der Waals surface area contributed by atoms with Gasteiger partial charge >= 0.3 is 0 Å². The lowest BCUT2D eigenvalue weighted by Gasteiger charge is -2.13. The van der Waals surface area contributed by atoms with Gasteiger partial charge in [0.15, 0.2) is 11.6 Å². The quantitative estimate of drug-likeness (QED) is 0.815. The Balaban J connectivity index is 2.48. The topological polar surface area (TPSA) is 39.9 Å². The fourth-order valence-corrected chi connectivity index (χ4v) is 1.73. The van der Waals surface area contributed by atoms with Gasteiger partial charge in [-0.1, -0.05) is 0 Å². The third-order valence-corrected chi connectivity index (χ3v) is 2.32. The van der Waals surface area contributed by atoms with E-state index >= 15 is 0 Å². The van der Waals surface area contributed by atoms with Gasteiger partial charge in [-0.25, -0.2) is 9.67 Å². The number of hydrogen-bond donors (Lipinski definition) is 0. The van der Waals surface area contributed by atoms with Crippen LogP contribution in [0.15, 0.2) is 24.4 Å². The van der Waals surface area contributed by atoms with E-state index in [1.54, 1.807) is 6.20 Å². The van der Waals surface area contributed by atoms with Gasteiger partial charge in [-0.05, 0) is 45.9 Å². The van der Waals surface area contributed by atoms with Gasteiger partial charge in [0.05, 0.1) is 11.8 Å². The zero-order valence-electron chi connectivity index (χ0n) is 10.6. The van der Waals surface area contributed by atoms with Crippen molar-refractivity contribution in [2.45, 2.75) is 33.8 Å². The van der Waals surface area contributed by atoms with Crippen LogP contribution in [0.4, 0.5) is 0 Å². The van der Waals surface area contributed by atoms with Crippen LogP contribution in [0.3, 0.4) is 0 Å². The van der Waals surface area contributed by atoms with Crippen molar-refractivity contribution in [3.8, 4) is 11.6 Å². The first-order valence-corrected chi connectivity index (χ1v) is 5.73. The summed E-state index contributed by atoms with van der Waals surface area (Å²) >= 11 is 0. The molecule has 2 aromatic rings. The third kappa shape index (κ3) is 2.46. The number of pyridine rings is 1. The number of aromatic nitrogens is 3. The van der Waals surface area contributed by atoms with Crippen molar-refractivity contribution in [3.63, 3.8) is 0 Å². The molecule has 90 valence electrons. The van der Waals surface area contributed by atoms with Crippen molar-refractivity contribution < 1.29 is 4.74 Å². The minimum absolute atomic E-state index is 0.120. The van der Waals surface area contributed by atoms with E-state index in [0.717, 1.165) is 23.0 Å². The summed E-state index contributed by atoms with van der Waals surface area (Å²) in [5, 5.41) is 4.42. The molecule has 0 saturated heterocycles. The molecule has 0 aliphatic heterocycles. The Labute approximate surface area is 101 Å². The Morgan fingerprint density at radius 2 is 2.06 bits per heavy atom. The zero-order valence-corrected chi connectivity index (χ0v) is 10.6. The van der Waals surface area contributed by atoms with Crippen molar-refractivity contribution in [1.29, 1.82) is 0 Å². The molecule has 0 spiro atoms. The largest absolute Gasteiger partial charge is 0.487 e. The predicted molar refractivity (Wildman–Crippen MR) is 66.6 cm³/mol. The lowest BCUT2D eigenvalue weighted by molar-refractivity contribution is 0.240. The first-order valence-electron chi connectivity index (χ1n) is 5.73. The Morgan fingerprint density at radius 3 is 2.65 bits per heavy atom. The van der Waals surface area contributed by atoms with Crippen LogP contribution in [0, 0.1) is 13.8 Å². The average molecular weight is 231 g/mol. The fourth-order valence-electron chi connectivity index (χ4n) is 1.73. The summed E-state index contributed by atoms with van der Waals surface area (Å²) in [5.74, 6) is 1.50. The summed E-state index contributed by atoms with van der Waals surface area (Å²) in [4.78, 5) is 4.35. The van der Waals surface area contributed by atoms with Gasteiger partial charge in [-0.2, -0.15) is 5.10 Å². The first-order chi connectivity index (χ1) is 8.08. The number of nitrogens with zero attached hydrogens (tertiary/aromatic N) is 3. The van der Waals surface area contributed by atoms with Crippen LogP contribution in [0.25, 0.3) is 5.82 Å². The molecule has 17 heavy (non-hydrogen) atoms. The molecule has 0 N–H and O–H groups in total. The van der Waals surface area contributed by atoms with E-state index in [-0.39, 0.29) is 6.10 Å². The number of aryl methyl sites for hydroxylation is 2. The summed E-state index contributed by atoms with van der Waals surface area (Å²) in [7, 11) is 0. The highest BCUT2D eigenvalue weighted by atomic mass is 16.5. The molecule has 4 nitrogen and oxygen atoms in total. The Morgan fingerprint density at radius 1 is 1.29 bits per heavy atom. The van der Waals surface area contributed by atoms with Crippen molar-refractivity contribution in [3.05, 3.63) is 35.8 Å². The Kier molecular flexibility index (Phi) is 3.13. The molecule has 2 rings (SSSR count). The predicted octanol–water partition coefficient (Wildman–Crippen LogP) is 2.67. The van der Waals surface area contributed by atoms with Gasteiger partial charge in [0, 0.05) is 11.9 Å². The molecule has 0 radical (unpaired) electrons. The van der Waals surface area contributed by atoms with Crippen molar-refractivity contribution in [1.82, 2.24) is 14.8 Å². The van der Waals surface area contributed by atoms with E-state index in [1.807, 2.05) is 50.6 Å². The second-order valence-electron chi connectivity index (χ2n) is 4.33. The van der Waals surface area contributed by atoms with Crippen LogP contribution in [-0.2, 0) is 0 Å². The highest BCUT2D eigenvalue weighted by molar-refractivity contribution is 5.40. The van der Waals surface area contributed by atoms with Gasteiger partial charge < -0.3 is 4.74 Å². The minimum atomic E-state index is 0.120. The maximum absolute atomic E-state index is 5.74. The Hall–Kier alpha value is -1.84. The van der Waals surface area contributed by atoms with Gasteiger partial charge in [0.2, 0.25) is 0 Å². The lowest BCUT2D eigenvalue weighted by atomic mass is 10.3. The molecular weight excluding hydrogens is 214 g/mol. The normalized spacial score (nSPS) is 10.9. The van der Waals surface area contributed by atoms with Gasteiger partial charge in [-0.3, -0.25) is 0 Å². The second kappa shape index (κ2) is 4.57. The first kappa shape index (κ1) is 11.6. The Bertz CT molecular complexity index is 517. The van der Waals surface area contributed by atoms with Crippen molar-refractivity contribution >= 4 is 0 Å². The second-order valence-corrected chi connectivity index (χ2v) is 4.33. The average Bonchev–Trinajstić information content (AvgIpc) is 2.58. The van der Waals surface area contributed by atoms with E-state index in [0.29, 0.717) is 0 Å². The maximum Gasteiger partial charge on any atom is 0.196 e. The van der Waals surface area contributed by atoms with E-state index in [4.69, 9.17) is 4.74 Å². The maximum atomic E-state index is 5.74. The molecule has 4 heteroatoms. The molecular formula is C13H17N3O. The molecule has 0 aliphatic rings. The van der Waals surface area contributed by atoms with Crippen LogP contribution in [0.1, 0.15) is 25.2 Å². The van der Waals surface area contributed by atoms with Gasteiger partial charge in [0.25, 0.3) is 0 Å². The van der Waals surface area contributed by atoms with Gasteiger partial charge in [-0.15, -0.1) is 0 Å². The summed E-state index contributed by atoms with van der Waals surface area (Å²) in [6, 6.07) is 5.81. The van der Waals surface area contributed by atoms with E-state index < -0.39 is 0 Å².